The molecule has 1 aliphatic rings. The zero-order valence-electron chi connectivity index (χ0n) is 13.7. The highest BCUT2D eigenvalue weighted by Gasteiger charge is 2.49. The Labute approximate surface area is 150 Å². The van der Waals surface area contributed by atoms with Crippen molar-refractivity contribution >= 4 is 37.4 Å². The van der Waals surface area contributed by atoms with E-state index in [1.165, 1.54) is 4.90 Å². The molecule has 1 heterocycles. The molecule has 3 rings (SSSR count). The van der Waals surface area contributed by atoms with E-state index in [2.05, 4.69) is 15.9 Å². The van der Waals surface area contributed by atoms with E-state index in [4.69, 9.17) is 0 Å². The van der Waals surface area contributed by atoms with Crippen LogP contribution >= 0.6 is 15.9 Å². The number of rotatable bonds is 3. The number of anilines is 1. The van der Waals surface area contributed by atoms with Crippen LogP contribution in [0.15, 0.2) is 51.8 Å². The maximum absolute atomic E-state index is 12.9. The van der Waals surface area contributed by atoms with Gasteiger partial charge in [-0.15, -0.1) is 0 Å². The molecule has 0 saturated carbocycles. The van der Waals surface area contributed by atoms with Gasteiger partial charge in [0.25, 0.3) is 0 Å². The summed E-state index contributed by atoms with van der Waals surface area (Å²) in [5.74, 6) is -0.457. The van der Waals surface area contributed by atoms with Crippen LogP contribution in [0, 0.1) is 6.92 Å². The first-order valence-corrected chi connectivity index (χ1v) is 9.97. The minimum absolute atomic E-state index is 0.203. The number of aryl methyl sites for hydroxylation is 1. The number of benzene rings is 2. The smallest absolute Gasteiger partial charge is 0.238 e. The monoisotopic (exact) mass is 407 g/mol. The number of amides is 1. The summed E-state index contributed by atoms with van der Waals surface area (Å²) in [5.41, 5.74) is 1.38. The van der Waals surface area contributed by atoms with Gasteiger partial charge in [0, 0.05) is 17.2 Å². The van der Waals surface area contributed by atoms with E-state index in [-0.39, 0.29) is 16.6 Å². The molecule has 0 saturated heterocycles. The summed E-state index contributed by atoms with van der Waals surface area (Å²) >= 11 is 3.41. The Kier molecular flexibility index (Phi) is 4.08. The van der Waals surface area contributed by atoms with Crippen molar-refractivity contribution in [2.75, 3.05) is 17.7 Å². The van der Waals surface area contributed by atoms with Crippen molar-refractivity contribution in [2.24, 2.45) is 0 Å². The van der Waals surface area contributed by atoms with E-state index < -0.39 is 15.3 Å². The van der Waals surface area contributed by atoms with Crippen molar-refractivity contribution in [3.8, 4) is 0 Å². The van der Waals surface area contributed by atoms with E-state index in [0.717, 1.165) is 21.3 Å². The molecule has 0 fully saturated rings. The summed E-state index contributed by atoms with van der Waals surface area (Å²) in [6, 6.07) is 12.2. The van der Waals surface area contributed by atoms with Gasteiger partial charge in [0.1, 0.15) is 0 Å². The minimum Gasteiger partial charge on any atom is -0.314 e. The summed E-state index contributed by atoms with van der Waals surface area (Å²) in [4.78, 5) is 14.6. The Hall–Kier alpha value is -1.66. The van der Waals surface area contributed by atoms with Crippen LogP contribution in [0.2, 0.25) is 0 Å². The lowest BCUT2D eigenvalue weighted by Crippen LogP contribution is -2.41. The van der Waals surface area contributed by atoms with Gasteiger partial charge in [0.2, 0.25) is 5.91 Å². The number of fused-ring (bicyclic) bond motifs is 1. The zero-order chi connectivity index (χ0) is 17.7. The Morgan fingerprint density at radius 2 is 1.75 bits per heavy atom. The van der Waals surface area contributed by atoms with Crippen LogP contribution < -0.4 is 4.90 Å². The standard InChI is InChI=1S/C18H18BrNO3S/c1-12-4-7-14(8-5-12)24(22,23)11-18(2)15-10-13(19)6-9-16(15)20(3)17(18)21/h4-10H,11H2,1-3H3/t18-/m1/s1. The second kappa shape index (κ2) is 5.70. The molecule has 0 unspecified atom stereocenters. The normalized spacial score (nSPS) is 20.3. The summed E-state index contributed by atoms with van der Waals surface area (Å²) in [6.45, 7) is 3.61. The van der Waals surface area contributed by atoms with E-state index in [1.54, 1.807) is 38.2 Å². The van der Waals surface area contributed by atoms with Crippen LogP contribution in [0.5, 0.6) is 0 Å². The number of carbonyl (C=O) groups is 1. The lowest BCUT2D eigenvalue weighted by atomic mass is 9.86. The largest absolute Gasteiger partial charge is 0.314 e. The Morgan fingerprint density at radius 1 is 1.12 bits per heavy atom. The van der Waals surface area contributed by atoms with Crippen LogP contribution in [0.25, 0.3) is 0 Å². The molecular formula is C18H18BrNO3S. The molecule has 24 heavy (non-hydrogen) atoms. The predicted molar refractivity (Wildman–Crippen MR) is 98.1 cm³/mol. The third-order valence-corrected chi connectivity index (χ3v) is 6.99. The van der Waals surface area contributed by atoms with Gasteiger partial charge in [-0.2, -0.15) is 0 Å². The van der Waals surface area contributed by atoms with E-state index in [1.807, 2.05) is 25.1 Å². The Bertz CT molecular complexity index is 922. The van der Waals surface area contributed by atoms with Crippen LogP contribution in [-0.2, 0) is 20.0 Å². The number of carbonyl (C=O) groups excluding carboxylic acids is 1. The van der Waals surface area contributed by atoms with Crippen LogP contribution in [0.4, 0.5) is 5.69 Å². The van der Waals surface area contributed by atoms with Crippen LogP contribution in [-0.4, -0.2) is 27.1 Å². The zero-order valence-corrected chi connectivity index (χ0v) is 16.1. The highest BCUT2D eigenvalue weighted by atomic mass is 79.9. The van der Waals surface area contributed by atoms with Gasteiger partial charge in [-0.05, 0) is 49.7 Å². The first kappa shape index (κ1) is 17.2. The highest BCUT2D eigenvalue weighted by Crippen LogP contribution is 2.43. The van der Waals surface area contributed by atoms with Crippen LogP contribution in [0.1, 0.15) is 18.1 Å². The summed E-state index contributed by atoms with van der Waals surface area (Å²) in [5, 5.41) is 0. The first-order chi connectivity index (χ1) is 11.1. The number of nitrogens with zero attached hydrogens (tertiary/aromatic N) is 1. The Balaban J connectivity index is 2.07. The number of halogens is 1. The molecule has 0 radical (unpaired) electrons. The predicted octanol–water partition coefficient (Wildman–Crippen LogP) is 3.47. The Morgan fingerprint density at radius 3 is 2.38 bits per heavy atom. The average Bonchev–Trinajstić information content (AvgIpc) is 2.69. The molecule has 6 heteroatoms. The molecule has 0 bridgehead atoms. The quantitative estimate of drug-likeness (QED) is 0.782. The topological polar surface area (TPSA) is 54.5 Å². The molecule has 0 spiro atoms. The van der Waals surface area contributed by atoms with Gasteiger partial charge in [-0.1, -0.05) is 33.6 Å². The van der Waals surface area contributed by atoms with Gasteiger partial charge in [-0.25, -0.2) is 8.42 Å². The van der Waals surface area contributed by atoms with Crippen molar-refractivity contribution in [3.05, 3.63) is 58.1 Å². The van der Waals surface area contributed by atoms with Crippen molar-refractivity contribution in [3.63, 3.8) is 0 Å². The van der Waals surface area contributed by atoms with Crippen molar-refractivity contribution in [2.45, 2.75) is 24.2 Å². The molecule has 4 nitrogen and oxygen atoms in total. The number of sulfone groups is 1. The molecular weight excluding hydrogens is 390 g/mol. The summed E-state index contributed by atoms with van der Waals surface area (Å²) in [7, 11) is -1.91. The molecule has 0 N–H and O–H groups in total. The maximum Gasteiger partial charge on any atom is 0.238 e. The minimum atomic E-state index is -3.59. The molecule has 2 aromatic rings. The highest BCUT2D eigenvalue weighted by molar-refractivity contribution is 9.10. The number of hydrogen-bond donors (Lipinski definition) is 0. The van der Waals surface area contributed by atoms with Crippen LogP contribution in [0.3, 0.4) is 0 Å². The van der Waals surface area contributed by atoms with E-state index in [0.29, 0.717) is 0 Å². The second-order valence-electron chi connectivity index (χ2n) is 6.43. The third kappa shape index (κ3) is 2.67. The third-order valence-electron chi connectivity index (χ3n) is 4.55. The molecule has 2 aromatic carbocycles. The van der Waals surface area contributed by atoms with E-state index >= 15 is 0 Å². The average molecular weight is 408 g/mol. The lowest BCUT2D eigenvalue weighted by Gasteiger charge is -2.23. The fraction of sp³-hybridized carbons (Fsp3) is 0.278. The molecule has 1 aliphatic heterocycles. The molecule has 0 aromatic heterocycles. The fourth-order valence-electron chi connectivity index (χ4n) is 3.19. The molecule has 1 amide bonds. The van der Waals surface area contributed by atoms with E-state index in [9.17, 15) is 13.2 Å². The molecule has 126 valence electrons. The second-order valence-corrected chi connectivity index (χ2v) is 9.34. The molecule has 1 atom stereocenters. The van der Waals surface area contributed by atoms with Crippen molar-refractivity contribution in [1.29, 1.82) is 0 Å². The van der Waals surface area contributed by atoms with Gasteiger partial charge in [0.05, 0.1) is 16.1 Å². The fourth-order valence-corrected chi connectivity index (χ4v) is 5.30. The van der Waals surface area contributed by atoms with Gasteiger partial charge >= 0.3 is 0 Å². The van der Waals surface area contributed by atoms with Gasteiger partial charge < -0.3 is 4.90 Å². The SMILES string of the molecule is Cc1ccc(S(=O)(=O)C[C@@]2(C)C(=O)N(C)c3ccc(Br)cc32)cc1. The number of likely N-dealkylation sites (N-methyl/N-ethyl adjacent to an activating group) is 1. The maximum atomic E-state index is 12.9. The van der Waals surface area contributed by atoms with Crippen molar-refractivity contribution in [1.82, 2.24) is 0 Å². The van der Waals surface area contributed by atoms with Gasteiger partial charge in [0.15, 0.2) is 9.84 Å². The summed E-state index contributed by atoms with van der Waals surface area (Å²) < 4.78 is 26.6. The van der Waals surface area contributed by atoms with Crippen molar-refractivity contribution < 1.29 is 13.2 Å². The number of hydrogen-bond acceptors (Lipinski definition) is 3. The van der Waals surface area contributed by atoms with Gasteiger partial charge in [-0.3, -0.25) is 4.79 Å². The molecule has 0 aliphatic carbocycles. The lowest BCUT2D eigenvalue weighted by molar-refractivity contribution is -0.121. The summed E-state index contributed by atoms with van der Waals surface area (Å²) in [6.07, 6.45) is 0. The first-order valence-electron chi connectivity index (χ1n) is 7.53.